The van der Waals surface area contributed by atoms with E-state index in [1.807, 2.05) is 0 Å². The zero-order valence-corrected chi connectivity index (χ0v) is 8.44. The van der Waals surface area contributed by atoms with Crippen molar-refractivity contribution < 1.29 is 22.4 Å². The van der Waals surface area contributed by atoms with Gasteiger partial charge in [0.2, 0.25) is 0 Å². The first-order valence-corrected chi connectivity index (χ1v) is 5.10. The topological polar surface area (TPSA) is 17.1 Å². The summed E-state index contributed by atoms with van der Waals surface area (Å²) in [4.78, 5) is 11.7. The van der Waals surface area contributed by atoms with Crippen molar-refractivity contribution in [1.82, 2.24) is 0 Å². The molecule has 0 spiro atoms. The van der Waals surface area contributed by atoms with Gasteiger partial charge in [-0.25, -0.2) is 17.6 Å². The molecule has 2 aliphatic carbocycles. The number of hydrogen-bond acceptors (Lipinski definition) is 1. The highest BCUT2D eigenvalue weighted by molar-refractivity contribution is 5.99. The Balaban J connectivity index is 2.40. The van der Waals surface area contributed by atoms with Crippen LogP contribution in [0.1, 0.15) is 29.4 Å². The second-order valence-corrected chi connectivity index (χ2v) is 4.18. The zero-order chi connectivity index (χ0) is 12.3. The van der Waals surface area contributed by atoms with Gasteiger partial charge < -0.3 is 0 Å². The van der Waals surface area contributed by atoms with Gasteiger partial charge in [-0.15, -0.1) is 0 Å². The molecule has 88 valence electrons. The predicted molar refractivity (Wildman–Crippen MR) is 50.5 cm³/mol. The maximum atomic E-state index is 13.6. The van der Waals surface area contributed by atoms with Gasteiger partial charge in [-0.2, -0.15) is 0 Å². The van der Waals surface area contributed by atoms with Gasteiger partial charge >= 0.3 is 0 Å². The van der Waals surface area contributed by atoms with E-state index < -0.39 is 40.9 Å². The summed E-state index contributed by atoms with van der Waals surface area (Å²) in [6.45, 7) is 0. The molecule has 3 rings (SSSR count). The molecule has 0 N–H and O–H groups in total. The smallest absolute Gasteiger partial charge is 0.197 e. The fourth-order valence-electron chi connectivity index (χ4n) is 2.59. The Labute approximate surface area is 93.7 Å². The molecule has 2 aliphatic rings. The number of allylic oxidation sites excluding steroid dienone is 2. The minimum absolute atomic E-state index is 0.198. The van der Waals surface area contributed by atoms with Crippen LogP contribution in [0.5, 0.6) is 0 Å². The van der Waals surface area contributed by atoms with Gasteiger partial charge in [0.15, 0.2) is 29.1 Å². The van der Waals surface area contributed by atoms with Crippen LogP contribution in [0.25, 0.3) is 0 Å². The monoisotopic (exact) mass is 242 g/mol. The van der Waals surface area contributed by atoms with E-state index in [4.69, 9.17) is 0 Å². The summed E-state index contributed by atoms with van der Waals surface area (Å²) in [5.74, 6) is -8.85. The second kappa shape index (κ2) is 3.18. The van der Waals surface area contributed by atoms with E-state index >= 15 is 0 Å². The molecule has 0 aliphatic heterocycles. The van der Waals surface area contributed by atoms with Crippen LogP contribution in [0.2, 0.25) is 0 Å². The molecule has 0 saturated carbocycles. The lowest BCUT2D eigenvalue weighted by molar-refractivity contribution is -0.120. The number of Topliss-reactive ketones (excluding diaryl/α,β-unsaturated/α-hetero) is 1. The van der Waals surface area contributed by atoms with Crippen molar-refractivity contribution in [3.05, 3.63) is 46.5 Å². The van der Waals surface area contributed by atoms with Gasteiger partial charge in [-0.05, 0) is 6.42 Å². The quantitative estimate of drug-likeness (QED) is 0.296. The van der Waals surface area contributed by atoms with Crippen molar-refractivity contribution >= 4 is 5.78 Å². The van der Waals surface area contributed by atoms with Gasteiger partial charge in [0, 0.05) is 11.1 Å². The Morgan fingerprint density at radius 2 is 1.53 bits per heavy atom. The van der Waals surface area contributed by atoms with Crippen LogP contribution < -0.4 is 0 Å². The largest absolute Gasteiger partial charge is 0.298 e. The van der Waals surface area contributed by atoms with Crippen molar-refractivity contribution in [1.29, 1.82) is 0 Å². The van der Waals surface area contributed by atoms with Gasteiger partial charge in [-0.1, -0.05) is 12.2 Å². The molecule has 2 unspecified atom stereocenters. The van der Waals surface area contributed by atoms with E-state index in [-0.39, 0.29) is 17.5 Å². The van der Waals surface area contributed by atoms with Gasteiger partial charge in [-0.3, -0.25) is 4.79 Å². The molecule has 0 radical (unpaired) electrons. The Morgan fingerprint density at radius 3 is 2.18 bits per heavy atom. The molecule has 0 amide bonds. The lowest BCUT2D eigenvalue weighted by Gasteiger charge is -2.11. The van der Waals surface area contributed by atoms with E-state index in [0.717, 1.165) is 0 Å². The van der Waals surface area contributed by atoms with E-state index in [1.165, 1.54) is 6.08 Å². The number of hydrogen-bond donors (Lipinski definition) is 0. The average Bonchev–Trinajstić information content (AvgIpc) is 2.51. The summed E-state index contributed by atoms with van der Waals surface area (Å²) >= 11 is 0. The summed E-state index contributed by atoms with van der Waals surface area (Å²) in [6, 6.07) is 0. The fraction of sp³-hybridized carbons (Fsp3) is 0.250. The highest BCUT2D eigenvalue weighted by Gasteiger charge is 2.45. The molecule has 2 bridgehead atoms. The highest BCUT2D eigenvalue weighted by Crippen LogP contribution is 2.47. The van der Waals surface area contributed by atoms with Crippen LogP contribution in [0.4, 0.5) is 17.6 Å². The highest BCUT2D eigenvalue weighted by atomic mass is 19.2. The van der Waals surface area contributed by atoms with Gasteiger partial charge in [0.05, 0.1) is 11.8 Å². The van der Waals surface area contributed by atoms with Crippen LogP contribution in [0.15, 0.2) is 12.2 Å². The first-order chi connectivity index (χ1) is 8.04. The molecule has 1 nitrogen and oxygen atoms in total. The molecular weight excluding hydrogens is 236 g/mol. The number of rotatable bonds is 0. The molecule has 0 saturated heterocycles. The van der Waals surface area contributed by atoms with Crippen molar-refractivity contribution in [2.24, 2.45) is 0 Å². The summed E-state index contributed by atoms with van der Waals surface area (Å²) in [7, 11) is 0. The number of ketones is 1. The van der Waals surface area contributed by atoms with Crippen molar-refractivity contribution in [3.63, 3.8) is 0 Å². The second-order valence-electron chi connectivity index (χ2n) is 4.18. The Kier molecular flexibility index (Phi) is 1.97. The Morgan fingerprint density at radius 1 is 0.941 bits per heavy atom. The van der Waals surface area contributed by atoms with Gasteiger partial charge in [0.25, 0.3) is 0 Å². The van der Waals surface area contributed by atoms with E-state index in [9.17, 15) is 22.4 Å². The maximum Gasteiger partial charge on any atom is 0.197 e. The maximum absolute atomic E-state index is 13.6. The lowest BCUT2D eigenvalue weighted by Crippen LogP contribution is -2.13. The molecule has 0 fully saturated rings. The molecule has 2 atom stereocenters. The van der Waals surface area contributed by atoms with Crippen LogP contribution in [0.3, 0.4) is 0 Å². The molecule has 1 aromatic carbocycles. The number of carbonyl (C=O) groups excluding carboxylic acids is 1. The summed E-state index contributed by atoms with van der Waals surface area (Å²) in [5, 5.41) is 0. The normalized spacial score (nSPS) is 25.3. The minimum Gasteiger partial charge on any atom is -0.298 e. The van der Waals surface area contributed by atoms with Crippen LogP contribution in [0, 0.1) is 23.3 Å². The van der Waals surface area contributed by atoms with E-state index in [1.54, 1.807) is 6.08 Å². The predicted octanol–water partition coefficient (Wildman–Crippen LogP) is 2.95. The van der Waals surface area contributed by atoms with Crippen molar-refractivity contribution in [2.75, 3.05) is 0 Å². The third kappa shape index (κ3) is 1.11. The molecular formula is C12H6F4O. The van der Waals surface area contributed by atoms with E-state index in [0.29, 0.717) is 0 Å². The summed E-state index contributed by atoms with van der Waals surface area (Å²) in [6.07, 6.45) is 3.21. The SMILES string of the molecule is O=C1C2C=CCC1c1c(F)c(F)c(F)c(F)c12. The lowest BCUT2D eigenvalue weighted by atomic mass is 9.91. The van der Waals surface area contributed by atoms with Gasteiger partial charge in [0.1, 0.15) is 0 Å². The molecule has 17 heavy (non-hydrogen) atoms. The molecule has 1 aromatic rings. The summed E-state index contributed by atoms with van der Waals surface area (Å²) < 4.78 is 53.4. The van der Waals surface area contributed by atoms with E-state index in [2.05, 4.69) is 0 Å². The third-order valence-electron chi connectivity index (χ3n) is 3.35. The molecule has 0 aromatic heterocycles. The Bertz CT molecular complexity index is 577. The number of fused-ring (bicyclic) bond motifs is 5. The Hall–Kier alpha value is -1.65. The average molecular weight is 242 g/mol. The summed E-state index contributed by atoms with van der Waals surface area (Å²) in [5.41, 5.74) is -0.661. The van der Waals surface area contributed by atoms with Crippen LogP contribution in [-0.2, 0) is 4.79 Å². The number of benzene rings is 1. The first kappa shape index (κ1) is 10.5. The standard InChI is InChI=1S/C12H6F4O/c13-8-6-4-2-1-3-5(12(4)17)7(6)9(14)11(16)10(8)15/h1-2,4-5H,3H2. The minimum atomic E-state index is -1.85. The first-order valence-electron chi connectivity index (χ1n) is 5.10. The van der Waals surface area contributed by atoms with Crippen LogP contribution >= 0.6 is 0 Å². The molecule has 5 heteroatoms. The number of carbonyl (C=O) groups is 1. The fourth-order valence-corrected chi connectivity index (χ4v) is 2.59. The van der Waals surface area contributed by atoms with Crippen molar-refractivity contribution in [2.45, 2.75) is 18.3 Å². The molecule has 0 heterocycles. The third-order valence-corrected chi connectivity index (χ3v) is 3.35. The van der Waals surface area contributed by atoms with Crippen molar-refractivity contribution in [3.8, 4) is 0 Å². The zero-order valence-electron chi connectivity index (χ0n) is 8.44. The van der Waals surface area contributed by atoms with Crippen LogP contribution in [-0.4, -0.2) is 5.78 Å². The number of halogens is 4.